The number of amides is 1. The average molecular weight is 353 g/mol. The minimum absolute atomic E-state index is 0.0950. The first-order valence-electron chi connectivity index (χ1n) is 9.00. The summed E-state index contributed by atoms with van der Waals surface area (Å²) in [5, 5.41) is 4.54. The van der Waals surface area contributed by atoms with E-state index in [1.807, 2.05) is 17.2 Å². The summed E-state index contributed by atoms with van der Waals surface area (Å²) in [7, 11) is 0.586. The van der Waals surface area contributed by atoms with Crippen LogP contribution in [0, 0.1) is 0 Å². The lowest BCUT2D eigenvalue weighted by atomic mass is 10.1. The van der Waals surface area contributed by atoms with Gasteiger partial charge in [-0.2, -0.15) is 0 Å². The maximum atomic E-state index is 12.7. The first-order chi connectivity index (χ1) is 12.2. The zero-order valence-corrected chi connectivity index (χ0v) is 15.5. The van der Waals surface area contributed by atoms with Gasteiger partial charge in [0.15, 0.2) is 0 Å². The number of allylic oxidation sites excluding steroid dienone is 1. The number of nitrogens with zero attached hydrogens (tertiary/aromatic N) is 2. The summed E-state index contributed by atoms with van der Waals surface area (Å²) in [4.78, 5) is 17.0. The van der Waals surface area contributed by atoms with Crippen LogP contribution in [0.25, 0.3) is 5.31 Å². The predicted octanol–water partition coefficient (Wildman–Crippen LogP) is 2.75. The minimum Gasteiger partial charge on any atom is -0.368 e. The molecule has 1 fully saturated rings. The highest BCUT2D eigenvalue weighted by atomic mass is 31.1. The van der Waals surface area contributed by atoms with Crippen molar-refractivity contribution in [2.45, 2.75) is 19.1 Å². The Morgan fingerprint density at radius 2 is 2.12 bits per heavy atom. The number of carbonyl (C=O) groups is 1. The summed E-state index contributed by atoms with van der Waals surface area (Å²) in [6.45, 7) is 6.16. The van der Waals surface area contributed by atoms with Gasteiger partial charge in [-0.15, -0.1) is 0 Å². The smallest absolute Gasteiger partial charge is 0.252 e. The Balaban J connectivity index is 1.57. The number of rotatable bonds is 3. The third kappa shape index (κ3) is 3.42. The molecule has 5 heteroatoms. The standard InChI is InChI=1S/C20H24N3OP/c1-2-15-4-3-5-16(12-15)18-13-19(24)23-14-17(6-7-20(23)25-18)22-10-8-21-9-11-22/h3-7,12-14,20-21,25H,2,8-11H2,1H3. The second-order valence-corrected chi connectivity index (χ2v) is 8.02. The summed E-state index contributed by atoms with van der Waals surface area (Å²) < 4.78 is 0. The maximum Gasteiger partial charge on any atom is 0.252 e. The molecule has 0 aromatic heterocycles. The van der Waals surface area contributed by atoms with Crippen molar-refractivity contribution in [3.8, 4) is 0 Å². The quantitative estimate of drug-likeness (QED) is 0.849. The molecule has 130 valence electrons. The largest absolute Gasteiger partial charge is 0.368 e. The van der Waals surface area contributed by atoms with Crippen molar-refractivity contribution < 1.29 is 4.79 Å². The molecule has 0 radical (unpaired) electrons. The molecule has 2 unspecified atom stereocenters. The molecule has 1 amide bonds. The van der Waals surface area contributed by atoms with Crippen LogP contribution in [0.2, 0.25) is 0 Å². The van der Waals surface area contributed by atoms with Crippen molar-refractivity contribution in [3.05, 3.63) is 65.5 Å². The number of aryl methyl sites for hydroxylation is 1. The molecule has 25 heavy (non-hydrogen) atoms. The van der Waals surface area contributed by atoms with Gasteiger partial charge in [0.05, 0.1) is 11.5 Å². The molecule has 1 N–H and O–H groups in total. The third-order valence-corrected chi connectivity index (χ3v) is 6.48. The Bertz CT molecular complexity index is 762. The molecule has 4 rings (SSSR count). The first-order valence-corrected chi connectivity index (χ1v) is 10.1. The van der Waals surface area contributed by atoms with Crippen LogP contribution in [0.5, 0.6) is 0 Å². The molecule has 3 aliphatic heterocycles. The Labute approximate surface area is 151 Å². The summed E-state index contributed by atoms with van der Waals surface area (Å²) in [6, 6.07) is 8.58. The Hall–Kier alpha value is -1.90. The summed E-state index contributed by atoms with van der Waals surface area (Å²) in [5.74, 6) is 0.252. The van der Waals surface area contributed by atoms with Gasteiger partial charge in [-0.3, -0.25) is 4.79 Å². The lowest BCUT2D eigenvalue weighted by Crippen LogP contribution is -2.44. The van der Waals surface area contributed by atoms with Gasteiger partial charge in [-0.25, -0.2) is 0 Å². The van der Waals surface area contributed by atoms with Gasteiger partial charge in [0.2, 0.25) is 0 Å². The van der Waals surface area contributed by atoms with Crippen molar-refractivity contribution in [3.63, 3.8) is 0 Å². The molecule has 1 aromatic carbocycles. The maximum absolute atomic E-state index is 12.7. The van der Waals surface area contributed by atoms with Crippen LogP contribution in [-0.2, 0) is 11.2 Å². The van der Waals surface area contributed by atoms with Crippen molar-refractivity contribution in [2.24, 2.45) is 0 Å². The van der Waals surface area contributed by atoms with E-state index in [1.165, 1.54) is 16.4 Å². The third-order valence-electron chi connectivity index (χ3n) is 4.97. The molecule has 3 heterocycles. The van der Waals surface area contributed by atoms with E-state index in [1.54, 1.807) is 0 Å². The van der Waals surface area contributed by atoms with Crippen LogP contribution < -0.4 is 5.32 Å². The van der Waals surface area contributed by atoms with Gasteiger partial charge >= 0.3 is 0 Å². The van der Waals surface area contributed by atoms with Crippen LogP contribution >= 0.6 is 8.58 Å². The summed E-state index contributed by atoms with van der Waals surface area (Å²) in [6.07, 6.45) is 9.28. The average Bonchev–Trinajstić information content (AvgIpc) is 2.68. The van der Waals surface area contributed by atoms with E-state index in [0.29, 0.717) is 8.58 Å². The van der Waals surface area contributed by atoms with E-state index in [9.17, 15) is 4.79 Å². The summed E-state index contributed by atoms with van der Waals surface area (Å²) >= 11 is 0. The summed E-state index contributed by atoms with van der Waals surface area (Å²) in [5.41, 5.74) is 3.66. The fourth-order valence-corrected chi connectivity index (χ4v) is 4.88. The Kier molecular flexibility index (Phi) is 4.74. The first kappa shape index (κ1) is 16.6. The molecular formula is C20H24N3OP. The van der Waals surface area contributed by atoms with E-state index >= 15 is 0 Å². The molecule has 0 spiro atoms. The lowest BCUT2D eigenvalue weighted by Gasteiger charge is -2.37. The van der Waals surface area contributed by atoms with Gasteiger partial charge in [0, 0.05) is 38.5 Å². The highest BCUT2D eigenvalue weighted by Crippen LogP contribution is 2.44. The van der Waals surface area contributed by atoms with Crippen molar-refractivity contribution in [1.29, 1.82) is 0 Å². The van der Waals surface area contributed by atoms with Gasteiger partial charge in [-0.05, 0) is 28.9 Å². The molecule has 4 nitrogen and oxygen atoms in total. The monoisotopic (exact) mass is 353 g/mol. The van der Waals surface area contributed by atoms with E-state index in [2.05, 4.69) is 53.6 Å². The van der Waals surface area contributed by atoms with Gasteiger partial charge in [-0.1, -0.05) is 45.8 Å². The van der Waals surface area contributed by atoms with E-state index < -0.39 is 0 Å². The number of carbonyl (C=O) groups excluding carboxylic acids is 1. The molecule has 0 aliphatic carbocycles. The van der Waals surface area contributed by atoms with Gasteiger partial charge in [0.25, 0.3) is 5.91 Å². The van der Waals surface area contributed by atoms with Crippen molar-refractivity contribution in [1.82, 2.24) is 15.1 Å². The zero-order chi connectivity index (χ0) is 17.2. The fourth-order valence-electron chi connectivity index (χ4n) is 3.50. The van der Waals surface area contributed by atoms with Crippen LogP contribution in [0.1, 0.15) is 18.1 Å². The number of nitrogens with one attached hydrogen (secondary N) is 1. The van der Waals surface area contributed by atoms with Crippen LogP contribution in [0.4, 0.5) is 0 Å². The normalized spacial score (nSPS) is 24.2. The second kappa shape index (κ2) is 7.15. The Morgan fingerprint density at radius 1 is 1.28 bits per heavy atom. The molecule has 0 bridgehead atoms. The number of benzene rings is 1. The highest BCUT2D eigenvalue weighted by molar-refractivity contribution is 7.51. The van der Waals surface area contributed by atoms with Crippen LogP contribution in [-0.4, -0.2) is 47.7 Å². The molecule has 2 atom stereocenters. The van der Waals surface area contributed by atoms with Crippen molar-refractivity contribution >= 4 is 19.8 Å². The van der Waals surface area contributed by atoms with Gasteiger partial charge < -0.3 is 15.1 Å². The molecular weight excluding hydrogens is 329 g/mol. The topological polar surface area (TPSA) is 35.6 Å². The number of hydrogen-bond acceptors (Lipinski definition) is 3. The van der Waals surface area contributed by atoms with E-state index in [0.717, 1.165) is 38.3 Å². The number of fused-ring (bicyclic) bond motifs is 1. The van der Waals surface area contributed by atoms with Crippen LogP contribution in [0.3, 0.4) is 0 Å². The predicted molar refractivity (Wildman–Crippen MR) is 104 cm³/mol. The van der Waals surface area contributed by atoms with Crippen molar-refractivity contribution in [2.75, 3.05) is 26.2 Å². The van der Waals surface area contributed by atoms with Gasteiger partial charge in [0.1, 0.15) is 0 Å². The lowest BCUT2D eigenvalue weighted by molar-refractivity contribution is -0.123. The number of piperazine rings is 1. The number of hydrogen-bond donors (Lipinski definition) is 1. The molecule has 1 aromatic rings. The minimum atomic E-state index is 0.0950. The highest BCUT2D eigenvalue weighted by Gasteiger charge is 2.29. The fraction of sp³-hybridized carbons (Fsp3) is 0.350. The molecule has 3 aliphatic rings. The zero-order valence-electron chi connectivity index (χ0n) is 14.5. The second-order valence-electron chi connectivity index (χ2n) is 6.60. The molecule has 1 saturated heterocycles. The van der Waals surface area contributed by atoms with Crippen LogP contribution in [0.15, 0.2) is 54.4 Å². The Morgan fingerprint density at radius 3 is 2.92 bits per heavy atom. The van der Waals surface area contributed by atoms with E-state index in [4.69, 9.17) is 0 Å². The SMILES string of the molecule is CCc1cccc(C2=CC(=O)N3C=C(N4CCNCC4)C=CC3P2)c1. The molecule has 0 saturated carbocycles. The van der Waals surface area contributed by atoms with E-state index in [-0.39, 0.29) is 11.7 Å².